The number of amides is 1. The molecule has 0 unspecified atom stereocenters. The molecular weight excluding hydrogens is 468 g/mol. The Bertz CT molecular complexity index is 1270. The highest BCUT2D eigenvalue weighted by Gasteiger charge is 2.20. The molecule has 2 aromatic heterocycles. The van der Waals surface area contributed by atoms with Gasteiger partial charge in [0, 0.05) is 10.4 Å². The first kappa shape index (κ1) is 23.7. The summed E-state index contributed by atoms with van der Waals surface area (Å²) in [6.07, 6.45) is 0.974. The monoisotopic (exact) mass is 492 g/mol. The topological polar surface area (TPSA) is 97.0 Å². The van der Waals surface area contributed by atoms with Gasteiger partial charge in [-0.1, -0.05) is 73.3 Å². The number of esters is 1. The van der Waals surface area contributed by atoms with Crippen molar-refractivity contribution >= 4 is 40.7 Å². The molecule has 0 saturated heterocycles. The zero-order valence-electron chi connectivity index (χ0n) is 18.8. The molecule has 2 N–H and O–H groups in total. The van der Waals surface area contributed by atoms with Crippen molar-refractivity contribution in [3.63, 3.8) is 0 Å². The van der Waals surface area contributed by atoms with Crippen molar-refractivity contribution in [1.82, 2.24) is 15.2 Å². The van der Waals surface area contributed by atoms with E-state index in [1.807, 2.05) is 42.5 Å². The van der Waals surface area contributed by atoms with E-state index in [2.05, 4.69) is 39.6 Å². The van der Waals surface area contributed by atoms with Crippen molar-refractivity contribution in [3.05, 3.63) is 71.1 Å². The summed E-state index contributed by atoms with van der Waals surface area (Å²) >= 11 is 2.52. The van der Waals surface area contributed by atoms with Gasteiger partial charge in [-0.05, 0) is 30.5 Å². The van der Waals surface area contributed by atoms with Gasteiger partial charge in [0.1, 0.15) is 4.88 Å². The van der Waals surface area contributed by atoms with Crippen LogP contribution in [0.1, 0.15) is 29.1 Å². The second-order valence-corrected chi connectivity index (χ2v) is 9.29. The van der Waals surface area contributed by atoms with Crippen LogP contribution in [0.2, 0.25) is 0 Å². The molecule has 0 saturated carbocycles. The van der Waals surface area contributed by atoms with Gasteiger partial charge >= 0.3 is 5.97 Å². The smallest absolute Gasteiger partial charge is 0.350 e. The lowest BCUT2D eigenvalue weighted by Gasteiger charge is -2.05. The van der Waals surface area contributed by atoms with Gasteiger partial charge in [-0.15, -0.1) is 16.4 Å². The maximum atomic E-state index is 12.7. The predicted octanol–water partition coefficient (Wildman–Crippen LogP) is 5.67. The van der Waals surface area contributed by atoms with Crippen molar-refractivity contribution in [2.75, 3.05) is 17.7 Å². The molecule has 0 aliphatic rings. The van der Waals surface area contributed by atoms with E-state index >= 15 is 0 Å². The van der Waals surface area contributed by atoms with E-state index < -0.39 is 5.97 Å². The number of carbonyl (C=O) groups is 2. The second-order valence-electron chi connectivity index (χ2n) is 7.29. The number of anilines is 1. The van der Waals surface area contributed by atoms with Crippen LogP contribution in [0.3, 0.4) is 0 Å². The molecule has 4 aromatic rings. The third kappa shape index (κ3) is 5.73. The molecule has 2 aromatic carbocycles. The Hall–Kier alpha value is -3.43. The second kappa shape index (κ2) is 11.1. The van der Waals surface area contributed by atoms with E-state index in [4.69, 9.17) is 4.74 Å². The van der Waals surface area contributed by atoms with Gasteiger partial charge in [-0.2, -0.15) is 0 Å². The zero-order valence-corrected chi connectivity index (χ0v) is 20.5. The normalized spacial score (nSPS) is 10.8. The number of nitrogens with zero attached hydrogens (tertiary/aromatic N) is 2. The summed E-state index contributed by atoms with van der Waals surface area (Å²) < 4.78 is 5.18. The number of nitrogens with one attached hydrogen (secondary N) is 2. The van der Waals surface area contributed by atoms with Gasteiger partial charge in [0.15, 0.2) is 5.82 Å². The minimum absolute atomic E-state index is 0.102. The number of hydrogen-bond acceptors (Lipinski definition) is 7. The summed E-state index contributed by atoms with van der Waals surface area (Å²) in [4.78, 5) is 30.8. The largest absolute Gasteiger partial charge is 0.462 e. The number of thiophene rings is 1. The van der Waals surface area contributed by atoms with Crippen molar-refractivity contribution in [3.8, 4) is 21.8 Å². The first-order chi connectivity index (χ1) is 16.6. The van der Waals surface area contributed by atoms with E-state index in [0.717, 1.165) is 22.4 Å². The number of rotatable bonds is 9. The van der Waals surface area contributed by atoms with E-state index in [-0.39, 0.29) is 18.3 Å². The average molecular weight is 493 g/mol. The third-order valence-electron chi connectivity index (χ3n) is 4.96. The predicted molar refractivity (Wildman–Crippen MR) is 136 cm³/mol. The molecule has 7 nitrogen and oxygen atoms in total. The van der Waals surface area contributed by atoms with Crippen molar-refractivity contribution in [2.24, 2.45) is 0 Å². The summed E-state index contributed by atoms with van der Waals surface area (Å²) in [5, 5.41) is 10.4. The Balaban J connectivity index is 1.43. The molecule has 34 heavy (non-hydrogen) atoms. The fourth-order valence-corrected chi connectivity index (χ4v) is 4.84. The maximum absolute atomic E-state index is 12.7. The number of hydrogen-bond donors (Lipinski definition) is 2. The fraction of sp³-hybridized carbons (Fsp3) is 0.200. The molecule has 0 radical (unpaired) electrons. The van der Waals surface area contributed by atoms with E-state index in [9.17, 15) is 9.59 Å². The number of thioether (sulfide) groups is 1. The van der Waals surface area contributed by atoms with Crippen LogP contribution in [0.15, 0.2) is 65.8 Å². The number of aromatic amines is 1. The number of H-pyrrole nitrogens is 1. The van der Waals surface area contributed by atoms with E-state index in [1.165, 1.54) is 28.7 Å². The van der Waals surface area contributed by atoms with Crippen LogP contribution < -0.4 is 5.32 Å². The maximum Gasteiger partial charge on any atom is 0.350 e. The first-order valence-electron chi connectivity index (χ1n) is 10.9. The summed E-state index contributed by atoms with van der Waals surface area (Å²) in [7, 11) is 0. The molecule has 0 aliphatic heterocycles. The van der Waals surface area contributed by atoms with Crippen LogP contribution in [0, 0.1) is 0 Å². The number of aryl methyl sites for hydroxylation is 1. The van der Waals surface area contributed by atoms with Gasteiger partial charge in [0.2, 0.25) is 11.1 Å². The standard InChI is InChI=1S/C25H24N4O3S2/c1-3-16-10-12-18(13-11-16)23-27-25(29-28-23)33-15-21(30)26-19-14-20(17-8-6-5-7-9-17)34-22(19)24(31)32-4-2/h5-14H,3-4,15H2,1-2H3,(H,26,30)(H,27,28,29). The molecule has 0 atom stereocenters. The first-order valence-corrected chi connectivity index (χ1v) is 12.7. The molecule has 2 heterocycles. The third-order valence-corrected chi connectivity index (χ3v) is 6.97. The Morgan fingerprint density at radius 2 is 1.82 bits per heavy atom. The SMILES string of the molecule is CCOC(=O)c1sc(-c2ccccc2)cc1NC(=O)CSc1n[nH]c(-c2ccc(CC)cc2)n1. The molecule has 4 rings (SSSR count). The number of benzene rings is 2. The highest BCUT2D eigenvalue weighted by Crippen LogP contribution is 2.35. The minimum Gasteiger partial charge on any atom is -0.462 e. The number of aromatic nitrogens is 3. The molecule has 0 aliphatic carbocycles. The Labute approximate surface area is 206 Å². The average Bonchev–Trinajstić information content (AvgIpc) is 3.51. The van der Waals surface area contributed by atoms with E-state index in [1.54, 1.807) is 13.0 Å². The molecule has 9 heteroatoms. The summed E-state index contributed by atoms with van der Waals surface area (Å²) in [5.41, 5.74) is 3.60. The summed E-state index contributed by atoms with van der Waals surface area (Å²) in [6.45, 7) is 4.12. The van der Waals surface area contributed by atoms with Crippen molar-refractivity contribution < 1.29 is 14.3 Å². The van der Waals surface area contributed by atoms with Crippen LogP contribution in [0.25, 0.3) is 21.8 Å². The van der Waals surface area contributed by atoms with Gasteiger partial charge in [0.05, 0.1) is 18.0 Å². The number of carbonyl (C=O) groups excluding carboxylic acids is 2. The van der Waals surface area contributed by atoms with Gasteiger partial charge in [-0.25, -0.2) is 9.78 Å². The lowest BCUT2D eigenvalue weighted by Crippen LogP contribution is -2.16. The molecule has 0 bridgehead atoms. The highest BCUT2D eigenvalue weighted by atomic mass is 32.2. The summed E-state index contributed by atoms with van der Waals surface area (Å²) in [5.74, 6) is 0.0441. The van der Waals surface area contributed by atoms with Crippen LogP contribution in [-0.2, 0) is 16.0 Å². The minimum atomic E-state index is -0.453. The van der Waals surface area contributed by atoms with Crippen LogP contribution in [-0.4, -0.2) is 39.4 Å². The molecule has 0 spiro atoms. The van der Waals surface area contributed by atoms with Crippen LogP contribution in [0.5, 0.6) is 0 Å². The molecular formula is C25H24N4O3S2. The van der Waals surface area contributed by atoms with Crippen LogP contribution >= 0.6 is 23.1 Å². The zero-order chi connectivity index (χ0) is 23.9. The highest BCUT2D eigenvalue weighted by molar-refractivity contribution is 7.99. The van der Waals surface area contributed by atoms with Gasteiger partial charge < -0.3 is 10.1 Å². The fourth-order valence-electron chi connectivity index (χ4n) is 3.23. The molecule has 0 fully saturated rings. The number of ether oxygens (including phenoxy) is 1. The quantitative estimate of drug-likeness (QED) is 0.231. The van der Waals surface area contributed by atoms with Crippen molar-refractivity contribution in [2.45, 2.75) is 25.4 Å². The van der Waals surface area contributed by atoms with Crippen LogP contribution in [0.4, 0.5) is 5.69 Å². The lowest BCUT2D eigenvalue weighted by molar-refractivity contribution is -0.113. The Kier molecular flexibility index (Phi) is 7.76. The van der Waals surface area contributed by atoms with Crippen molar-refractivity contribution in [1.29, 1.82) is 0 Å². The summed E-state index contributed by atoms with van der Waals surface area (Å²) in [6, 6.07) is 19.6. The van der Waals surface area contributed by atoms with Gasteiger partial charge in [-0.3, -0.25) is 9.89 Å². The molecule has 174 valence electrons. The Morgan fingerprint density at radius 3 is 2.53 bits per heavy atom. The van der Waals surface area contributed by atoms with E-state index in [0.29, 0.717) is 21.5 Å². The Morgan fingerprint density at radius 1 is 1.06 bits per heavy atom. The van der Waals surface area contributed by atoms with Gasteiger partial charge in [0.25, 0.3) is 0 Å². The molecule has 1 amide bonds. The lowest BCUT2D eigenvalue weighted by atomic mass is 10.1.